The van der Waals surface area contributed by atoms with Crippen molar-refractivity contribution in [1.29, 1.82) is 0 Å². The van der Waals surface area contributed by atoms with Crippen LogP contribution in [-0.4, -0.2) is 53.7 Å². The molecule has 0 aromatic heterocycles. The molecule has 0 saturated heterocycles. The highest BCUT2D eigenvalue weighted by Crippen LogP contribution is 2.24. The van der Waals surface area contributed by atoms with E-state index in [-0.39, 0.29) is 30.0 Å². The second-order valence-electron chi connectivity index (χ2n) is 10.5. The van der Waals surface area contributed by atoms with Gasteiger partial charge in [-0.2, -0.15) is 0 Å². The number of thioether (sulfide) groups is 1. The maximum Gasteiger partial charge on any atom is 0.325 e. The summed E-state index contributed by atoms with van der Waals surface area (Å²) in [6.07, 6.45) is 19.3. The number of allylic oxidation sites excluding steroid dienone is 3. The van der Waals surface area contributed by atoms with Gasteiger partial charge in [0.05, 0.1) is 18.0 Å². The van der Waals surface area contributed by atoms with Gasteiger partial charge in [-0.3, -0.25) is 20.1 Å². The molecule has 1 amide bonds. The summed E-state index contributed by atoms with van der Waals surface area (Å²) in [4.78, 5) is 25.1. The van der Waals surface area contributed by atoms with Crippen molar-refractivity contribution < 1.29 is 24.3 Å². The lowest BCUT2D eigenvalue weighted by molar-refractivity contribution is -0.154. The summed E-state index contributed by atoms with van der Waals surface area (Å²) in [6.45, 7) is 9.12. The first-order chi connectivity index (χ1) is 19.1. The molecule has 40 heavy (non-hydrogen) atoms. The Labute approximate surface area is 243 Å². The van der Waals surface area contributed by atoms with Crippen LogP contribution in [0, 0.1) is 12.3 Å². The minimum Gasteiger partial charge on any atom is -0.461 e. The van der Waals surface area contributed by atoms with Gasteiger partial charge in [-0.1, -0.05) is 30.2 Å². The summed E-state index contributed by atoms with van der Waals surface area (Å²) < 4.78 is 11.7. The average molecular weight is 570 g/mol. The molecule has 218 valence electrons. The SMILES string of the molecule is C#Cc1ccc(CN/C=C/C=C(\C=C/C)CN[C@@H](COC(C)(C)C)C(=O)OC2CCCC2)cc1SCC(=O)NO. The molecule has 0 bridgehead atoms. The number of rotatable bonds is 15. The van der Waals surface area contributed by atoms with Gasteiger partial charge in [0.15, 0.2) is 0 Å². The molecule has 8 nitrogen and oxygen atoms in total. The molecule has 1 aromatic rings. The lowest BCUT2D eigenvalue weighted by atomic mass is 10.1. The molecule has 0 unspecified atom stereocenters. The van der Waals surface area contributed by atoms with Gasteiger partial charge >= 0.3 is 5.97 Å². The van der Waals surface area contributed by atoms with Crippen molar-refractivity contribution in [2.75, 3.05) is 18.9 Å². The van der Waals surface area contributed by atoms with Crippen LogP contribution in [0.15, 0.2) is 59.2 Å². The average Bonchev–Trinajstić information content (AvgIpc) is 3.43. The molecule has 1 aliphatic rings. The quantitative estimate of drug-likeness (QED) is 0.0605. The number of benzene rings is 1. The second kappa shape index (κ2) is 17.6. The molecule has 0 radical (unpaired) electrons. The van der Waals surface area contributed by atoms with Gasteiger partial charge in [-0.15, -0.1) is 18.2 Å². The topological polar surface area (TPSA) is 109 Å². The second-order valence-corrected chi connectivity index (χ2v) is 11.5. The molecular weight excluding hydrogens is 526 g/mol. The van der Waals surface area contributed by atoms with E-state index in [9.17, 15) is 9.59 Å². The van der Waals surface area contributed by atoms with E-state index in [2.05, 4.69) is 16.6 Å². The van der Waals surface area contributed by atoms with E-state index in [4.69, 9.17) is 21.1 Å². The minimum absolute atomic E-state index is 0.00322. The fourth-order valence-electron chi connectivity index (χ4n) is 3.93. The molecule has 1 aliphatic carbocycles. The van der Waals surface area contributed by atoms with Crippen LogP contribution < -0.4 is 16.1 Å². The van der Waals surface area contributed by atoms with Crippen LogP contribution in [0.25, 0.3) is 0 Å². The minimum atomic E-state index is -0.558. The zero-order valence-corrected chi connectivity index (χ0v) is 24.8. The Morgan fingerprint density at radius 1 is 1.27 bits per heavy atom. The molecule has 0 spiro atoms. The zero-order valence-electron chi connectivity index (χ0n) is 24.0. The molecule has 0 heterocycles. The van der Waals surface area contributed by atoms with Gasteiger partial charge in [0.25, 0.3) is 5.91 Å². The fourth-order valence-corrected chi connectivity index (χ4v) is 4.80. The highest BCUT2D eigenvalue weighted by Gasteiger charge is 2.27. The monoisotopic (exact) mass is 569 g/mol. The zero-order chi connectivity index (χ0) is 29.4. The van der Waals surface area contributed by atoms with Crippen molar-refractivity contribution >= 4 is 23.6 Å². The van der Waals surface area contributed by atoms with Crippen molar-refractivity contribution in [3.05, 3.63) is 65.4 Å². The van der Waals surface area contributed by atoms with E-state index >= 15 is 0 Å². The summed E-state index contributed by atoms with van der Waals surface area (Å²) in [5, 5.41) is 15.3. The third kappa shape index (κ3) is 12.9. The Balaban J connectivity index is 1.96. The maximum atomic E-state index is 12.9. The lowest BCUT2D eigenvalue weighted by Crippen LogP contribution is -2.45. The van der Waals surface area contributed by atoms with Crippen LogP contribution in [-0.2, 0) is 25.6 Å². The summed E-state index contributed by atoms with van der Waals surface area (Å²) >= 11 is 1.27. The van der Waals surface area contributed by atoms with Crippen molar-refractivity contribution in [2.45, 2.75) is 82.6 Å². The first kappa shape index (κ1) is 33.2. The first-order valence-corrected chi connectivity index (χ1v) is 14.6. The van der Waals surface area contributed by atoms with Crippen LogP contribution in [0.5, 0.6) is 0 Å². The lowest BCUT2D eigenvalue weighted by Gasteiger charge is -2.25. The van der Waals surface area contributed by atoms with Gasteiger partial charge in [0.2, 0.25) is 0 Å². The molecule has 4 N–H and O–H groups in total. The standard InChI is InChI=1S/C31H43N3O5S/c1-6-11-23(20-33-27(21-38-31(3,4)5)30(36)39-26-13-8-9-14-26)12-10-17-32-19-24-15-16-25(7-2)28(18-24)40-22-29(35)34-37/h2,6,10-12,15-18,26-27,32-33,37H,8-9,13-14,19-22H2,1,3-5H3,(H,34,35)/b11-6-,17-10+,23-12+/t27-/m0/s1. The Hall–Kier alpha value is -3.03. The highest BCUT2D eigenvalue weighted by molar-refractivity contribution is 8.00. The van der Waals surface area contributed by atoms with Crippen LogP contribution in [0.3, 0.4) is 0 Å². The molecule has 9 heteroatoms. The number of nitrogens with one attached hydrogen (secondary N) is 3. The molecule has 1 aromatic carbocycles. The number of carbonyl (C=O) groups excluding carboxylic acids is 2. The Bertz CT molecular complexity index is 1100. The Morgan fingerprint density at radius 3 is 2.67 bits per heavy atom. The number of hydrogen-bond acceptors (Lipinski definition) is 8. The third-order valence-electron chi connectivity index (χ3n) is 6.00. The van der Waals surface area contributed by atoms with Gasteiger partial charge < -0.3 is 14.8 Å². The number of amides is 1. The van der Waals surface area contributed by atoms with Crippen molar-refractivity contribution in [1.82, 2.24) is 16.1 Å². The first-order valence-electron chi connectivity index (χ1n) is 13.6. The van der Waals surface area contributed by atoms with E-state index < -0.39 is 11.9 Å². The molecule has 0 aliphatic heterocycles. The summed E-state index contributed by atoms with van der Waals surface area (Å²) in [5.41, 5.74) is 3.95. The smallest absolute Gasteiger partial charge is 0.325 e. The predicted octanol–water partition coefficient (Wildman–Crippen LogP) is 4.63. The van der Waals surface area contributed by atoms with Gasteiger partial charge in [-0.05, 0) is 88.9 Å². The number of ether oxygens (including phenoxy) is 2. The largest absolute Gasteiger partial charge is 0.461 e. The summed E-state index contributed by atoms with van der Waals surface area (Å²) in [5.74, 6) is 1.93. The molecule has 1 saturated carbocycles. The summed E-state index contributed by atoms with van der Waals surface area (Å²) in [6, 6.07) is 5.15. The normalized spacial score (nSPS) is 15.3. The van der Waals surface area contributed by atoms with Crippen molar-refractivity contribution in [3.8, 4) is 12.3 Å². The van der Waals surface area contributed by atoms with E-state index in [1.165, 1.54) is 11.8 Å². The van der Waals surface area contributed by atoms with E-state index in [1.54, 1.807) is 5.48 Å². The van der Waals surface area contributed by atoms with E-state index in [1.807, 2.05) is 76.4 Å². The van der Waals surface area contributed by atoms with Crippen molar-refractivity contribution in [2.24, 2.45) is 0 Å². The highest BCUT2D eigenvalue weighted by atomic mass is 32.2. The van der Waals surface area contributed by atoms with Crippen LogP contribution in [0.4, 0.5) is 0 Å². The van der Waals surface area contributed by atoms with Gasteiger partial charge in [0.1, 0.15) is 12.1 Å². The van der Waals surface area contributed by atoms with Gasteiger partial charge in [-0.25, -0.2) is 5.48 Å². The van der Waals surface area contributed by atoms with E-state index in [0.29, 0.717) is 18.7 Å². The van der Waals surface area contributed by atoms with Crippen LogP contribution in [0.2, 0.25) is 0 Å². The Kier molecular flexibility index (Phi) is 14.6. The number of carbonyl (C=O) groups is 2. The number of terminal acetylenes is 1. The Morgan fingerprint density at radius 2 is 2.02 bits per heavy atom. The third-order valence-corrected chi connectivity index (χ3v) is 7.06. The number of esters is 1. The van der Waals surface area contributed by atoms with Crippen LogP contribution >= 0.6 is 11.8 Å². The molecular formula is C31H43N3O5S. The van der Waals surface area contributed by atoms with Gasteiger partial charge in [0, 0.05) is 23.5 Å². The number of hydroxylamine groups is 1. The van der Waals surface area contributed by atoms with Crippen LogP contribution in [0.1, 0.15) is 64.5 Å². The molecule has 2 rings (SSSR count). The van der Waals surface area contributed by atoms with Crippen molar-refractivity contribution in [3.63, 3.8) is 0 Å². The fraction of sp³-hybridized carbons (Fsp3) is 0.484. The summed E-state index contributed by atoms with van der Waals surface area (Å²) in [7, 11) is 0. The number of hydrogen-bond donors (Lipinski definition) is 4. The molecule has 1 atom stereocenters. The predicted molar refractivity (Wildman–Crippen MR) is 160 cm³/mol. The van der Waals surface area contributed by atoms with E-state index in [0.717, 1.165) is 41.7 Å². The molecule has 1 fully saturated rings. The maximum absolute atomic E-state index is 12.9.